The van der Waals surface area contributed by atoms with Crippen LogP contribution < -0.4 is 10.6 Å². The van der Waals surface area contributed by atoms with Crippen molar-refractivity contribution in [1.29, 1.82) is 0 Å². The summed E-state index contributed by atoms with van der Waals surface area (Å²) in [4.78, 5) is 9.42. The number of piperazine rings is 1. The first-order valence-corrected chi connectivity index (χ1v) is 10.9. The molecule has 0 aromatic heterocycles. The number of aliphatic imine (C=N–C) groups is 1. The third-order valence-electron chi connectivity index (χ3n) is 5.46. The van der Waals surface area contributed by atoms with Crippen molar-refractivity contribution in [3.05, 3.63) is 0 Å². The van der Waals surface area contributed by atoms with E-state index in [1.807, 2.05) is 7.05 Å². The van der Waals surface area contributed by atoms with Gasteiger partial charge in [-0.3, -0.25) is 4.99 Å². The van der Waals surface area contributed by atoms with E-state index in [9.17, 15) is 0 Å². The first-order valence-electron chi connectivity index (χ1n) is 10.9. The Kier molecular flexibility index (Phi) is 11.7. The Labute approximate surface area is 165 Å². The van der Waals surface area contributed by atoms with Crippen LogP contribution >= 0.6 is 0 Å². The number of nitrogens with one attached hydrogen (secondary N) is 2. The normalized spacial score (nSPS) is 22.3. The van der Waals surface area contributed by atoms with Crippen LogP contribution in [0.1, 0.15) is 32.6 Å². The fourth-order valence-corrected chi connectivity index (χ4v) is 3.56. The molecule has 0 aliphatic carbocycles. The van der Waals surface area contributed by atoms with Crippen LogP contribution in [0.3, 0.4) is 0 Å². The molecule has 0 bridgehead atoms. The van der Waals surface area contributed by atoms with E-state index < -0.39 is 0 Å². The predicted octanol–water partition coefficient (Wildman–Crippen LogP) is 1.01. The van der Waals surface area contributed by atoms with E-state index in [-0.39, 0.29) is 0 Å². The second kappa shape index (κ2) is 14.2. The smallest absolute Gasteiger partial charge is 0.190 e. The maximum Gasteiger partial charge on any atom is 0.190 e. The van der Waals surface area contributed by atoms with Crippen molar-refractivity contribution in [2.45, 2.75) is 32.6 Å². The summed E-state index contributed by atoms with van der Waals surface area (Å²) in [6.45, 7) is 14.8. The quantitative estimate of drug-likeness (QED) is 0.298. The van der Waals surface area contributed by atoms with E-state index in [2.05, 4.69) is 32.3 Å². The lowest BCUT2D eigenvalue weighted by atomic mass is 10.1. The van der Waals surface area contributed by atoms with Crippen molar-refractivity contribution in [2.75, 3.05) is 85.8 Å². The largest absolute Gasteiger partial charge is 0.381 e. The fraction of sp³-hybridized carbons (Fsp3) is 0.950. The summed E-state index contributed by atoms with van der Waals surface area (Å²) in [7, 11) is 1.83. The number of likely N-dealkylation sites (N-methyl/N-ethyl adjacent to an activating group) is 1. The van der Waals surface area contributed by atoms with Crippen LogP contribution in [0.2, 0.25) is 0 Å². The molecule has 1 unspecified atom stereocenters. The number of unbranched alkanes of at least 4 members (excludes halogenated alkanes) is 1. The van der Waals surface area contributed by atoms with E-state index >= 15 is 0 Å². The Bertz CT molecular complexity index is 394. The first-order chi connectivity index (χ1) is 13.3. The van der Waals surface area contributed by atoms with E-state index in [0.29, 0.717) is 5.92 Å². The van der Waals surface area contributed by atoms with E-state index in [0.717, 1.165) is 58.3 Å². The van der Waals surface area contributed by atoms with Gasteiger partial charge in [-0.1, -0.05) is 6.92 Å². The summed E-state index contributed by atoms with van der Waals surface area (Å²) in [5, 5.41) is 6.78. The van der Waals surface area contributed by atoms with E-state index in [1.165, 1.54) is 52.1 Å². The number of rotatable bonds is 12. The van der Waals surface area contributed by atoms with Crippen LogP contribution in [0.15, 0.2) is 4.99 Å². The van der Waals surface area contributed by atoms with Crippen molar-refractivity contribution in [2.24, 2.45) is 10.9 Å². The number of ether oxygens (including phenoxy) is 2. The minimum absolute atomic E-state index is 0.600. The molecule has 27 heavy (non-hydrogen) atoms. The van der Waals surface area contributed by atoms with Crippen molar-refractivity contribution in [3.63, 3.8) is 0 Å². The lowest BCUT2D eigenvalue weighted by Gasteiger charge is -2.34. The number of nitrogens with zero attached hydrogens (tertiary/aromatic N) is 3. The Morgan fingerprint density at radius 2 is 1.81 bits per heavy atom. The summed E-state index contributed by atoms with van der Waals surface area (Å²) in [5.74, 6) is 1.50. The SMILES string of the molecule is CCN1CCN(CCCCNC(=NC)NCCCOCC2CCOC2)CC1. The zero-order valence-electron chi connectivity index (χ0n) is 17.5. The molecule has 2 N–H and O–H groups in total. The molecule has 2 heterocycles. The average Bonchev–Trinajstić information content (AvgIpc) is 3.22. The maximum atomic E-state index is 5.73. The molecule has 0 radical (unpaired) electrons. The molecule has 2 rings (SSSR count). The van der Waals surface area contributed by atoms with Crippen molar-refractivity contribution >= 4 is 5.96 Å². The van der Waals surface area contributed by atoms with Crippen molar-refractivity contribution < 1.29 is 9.47 Å². The maximum absolute atomic E-state index is 5.73. The zero-order valence-corrected chi connectivity index (χ0v) is 17.5. The molecular weight excluding hydrogens is 342 g/mol. The van der Waals surface area contributed by atoms with E-state index in [1.54, 1.807) is 0 Å². The highest BCUT2D eigenvalue weighted by molar-refractivity contribution is 5.79. The molecule has 0 saturated carbocycles. The minimum Gasteiger partial charge on any atom is -0.381 e. The molecule has 7 nitrogen and oxygen atoms in total. The Morgan fingerprint density at radius 3 is 2.48 bits per heavy atom. The number of guanidine groups is 1. The molecule has 0 amide bonds. The lowest BCUT2D eigenvalue weighted by molar-refractivity contribution is 0.0888. The summed E-state index contributed by atoms with van der Waals surface area (Å²) in [6, 6.07) is 0. The van der Waals surface area contributed by atoms with Gasteiger partial charge in [-0.05, 0) is 38.8 Å². The highest BCUT2D eigenvalue weighted by Gasteiger charge is 2.15. The third kappa shape index (κ3) is 9.74. The molecule has 1 atom stereocenters. The Hall–Kier alpha value is -0.890. The monoisotopic (exact) mass is 383 g/mol. The van der Waals surface area contributed by atoms with Gasteiger partial charge in [-0.25, -0.2) is 0 Å². The summed E-state index contributed by atoms with van der Waals surface area (Å²) >= 11 is 0. The molecule has 0 spiro atoms. The zero-order chi connectivity index (χ0) is 19.2. The van der Waals surface area contributed by atoms with Crippen molar-refractivity contribution in [1.82, 2.24) is 20.4 Å². The average molecular weight is 384 g/mol. The first kappa shape index (κ1) is 22.4. The summed E-state index contributed by atoms with van der Waals surface area (Å²) in [6.07, 6.45) is 4.57. The second-order valence-electron chi connectivity index (χ2n) is 7.57. The highest BCUT2D eigenvalue weighted by atomic mass is 16.5. The van der Waals surface area contributed by atoms with Gasteiger partial charge in [-0.15, -0.1) is 0 Å². The van der Waals surface area contributed by atoms with Crippen molar-refractivity contribution in [3.8, 4) is 0 Å². The van der Waals surface area contributed by atoms with E-state index in [4.69, 9.17) is 9.47 Å². The second-order valence-corrected chi connectivity index (χ2v) is 7.57. The third-order valence-corrected chi connectivity index (χ3v) is 5.46. The highest BCUT2D eigenvalue weighted by Crippen LogP contribution is 2.12. The Morgan fingerprint density at radius 1 is 1.07 bits per heavy atom. The summed E-state index contributed by atoms with van der Waals surface area (Å²) in [5.41, 5.74) is 0. The molecule has 0 aromatic carbocycles. The van der Waals surface area contributed by atoms with Crippen LogP contribution in [0.25, 0.3) is 0 Å². The van der Waals surface area contributed by atoms with Crippen LogP contribution in [0.5, 0.6) is 0 Å². The van der Waals surface area contributed by atoms with Gasteiger partial charge >= 0.3 is 0 Å². The van der Waals surface area contributed by atoms with Gasteiger partial charge in [0.05, 0.1) is 13.2 Å². The van der Waals surface area contributed by atoms with Crippen LogP contribution in [-0.2, 0) is 9.47 Å². The number of hydrogen-bond donors (Lipinski definition) is 2. The van der Waals surface area contributed by atoms with Gasteiger partial charge in [-0.2, -0.15) is 0 Å². The number of hydrogen-bond acceptors (Lipinski definition) is 5. The Balaban J connectivity index is 1.39. The molecule has 2 fully saturated rings. The molecule has 2 aliphatic heterocycles. The minimum atomic E-state index is 0.600. The van der Waals surface area contributed by atoms with Gasteiger partial charge in [0, 0.05) is 65.4 Å². The van der Waals surface area contributed by atoms with Gasteiger partial charge in [0.25, 0.3) is 0 Å². The van der Waals surface area contributed by atoms with Gasteiger partial charge < -0.3 is 29.9 Å². The molecule has 2 aliphatic rings. The standard InChI is InChI=1S/C20H41N5O2/c1-3-24-11-13-25(14-12-24)10-5-4-8-22-20(21-2)23-9-6-15-26-17-19-7-16-27-18-19/h19H,3-18H2,1-2H3,(H2,21,22,23). The topological polar surface area (TPSA) is 61.4 Å². The fourth-order valence-electron chi connectivity index (χ4n) is 3.56. The molecule has 2 saturated heterocycles. The lowest BCUT2D eigenvalue weighted by Crippen LogP contribution is -2.46. The van der Waals surface area contributed by atoms with Crippen LogP contribution in [0, 0.1) is 5.92 Å². The predicted molar refractivity (Wildman–Crippen MR) is 112 cm³/mol. The van der Waals surface area contributed by atoms with Gasteiger partial charge in [0.1, 0.15) is 0 Å². The van der Waals surface area contributed by atoms with Crippen LogP contribution in [-0.4, -0.2) is 102 Å². The van der Waals surface area contributed by atoms with Crippen LogP contribution in [0.4, 0.5) is 0 Å². The van der Waals surface area contributed by atoms with Gasteiger partial charge in [0.2, 0.25) is 0 Å². The molecule has 7 heteroatoms. The molecular formula is C20H41N5O2. The molecule has 0 aromatic rings. The molecule has 158 valence electrons. The summed E-state index contributed by atoms with van der Waals surface area (Å²) < 4.78 is 11.1. The van der Waals surface area contributed by atoms with Gasteiger partial charge in [0.15, 0.2) is 5.96 Å².